The van der Waals surface area contributed by atoms with Crippen molar-refractivity contribution in [3.63, 3.8) is 0 Å². The monoisotopic (exact) mass is 438 g/mol. The Kier molecular flexibility index (Phi) is 4.67. The maximum Gasteiger partial charge on any atom is 0.435 e. The lowest BCUT2D eigenvalue weighted by molar-refractivity contribution is -0.140. The SMILES string of the molecule is O=C1C=C(c2ccccc2O)n2nc(C(F)(F)F)c(-c3ccc(Cl)c(Cl)c3)c2C1. The third-order valence-electron chi connectivity index (χ3n) is 4.51. The summed E-state index contributed by atoms with van der Waals surface area (Å²) in [6.07, 6.45) is -3.89. The maximum atomic E-state index is 13.8. The first-order valence-corrected chi connectivity index (χ1v) is 9.10. The van der Waals surface area contributed by atoms with Crippen LogP contribution in [0.25, 0.3) is 16.8 Å². The number of benzene rings is 2. The molecule has 0 atom stereocenters. The van der Waals surface area contributed by atoms with Crippen LogP contribution in [-0.4, -0.2) is 20.7 Å². The van der Waals surface area contributed by atoms with Gasteiger partial charge in [0.1, 0.15) is 5.75 Å². The summed E-state index contributed by atoms with van der Waals surface area (Å²) in [6, 6.07) is 10.1. The molecule has 4 rings (SSSR count). The summed E-state index contributed by atoms with van der Waals surface area (Å²) in [4.78, 5) is 12.4. The molecule has 0 spiro atoms. The highest BCUT2D eigenvalue weighted by atomic mass is 35.5. The number of carbonyl (C=O) groups is 1. The molecule has 0 aliphatic carbocycles. The fourth-order valence-electron chi connectivity index (χ4n) is 3.28. The molecular weight excluding hydrogens is 428 g/mol. The molecule has 1 aliphatic heterocycles. The van der Waals surface area contributed by atoms with E-state index in [1.54, 1.807) is 12.1 Å². The van der Waals surface area contributed by atoms with Gasteiger partial charge in [-0.3, -0.25) is 4.79 Å². The van der Waals surface area contributed by atoms with E-state index in [1.165, 1.54) is 36.4 Å². The Morgan fingerprint density at radius 1 is 1.07 bits per heavy atom. The van der Waals surface area contributed by atoms with Crippen molar-refractivity contribution < 1.29 is 23.1 Å². The summed E-state index contributed by atoms with van der Waals surface area (Å²) in [7, 11) is 0. The van der Waals surface area contributed by atoms with Crippen molar-refractivity contribution in [2.75, 3.05) is 0 Å². The number of para-hydroxylation sites is 1. The van der Waals surface area contributed by atoms with Gasteiger partial charge in [-0.2, -0.15) is 18.3 Å². The Morgan fingerprint density at radius 3 is 2.45 bits per heavy atom. The van der Waals surface area contributed by atoms with Crippen molar-refractivity contribution in [2.45, 2.75) is 12.6 Å². The van der Waals surface area contributed by atoms with Crippen LogP contribution in [0, 0.1) is 0 Å². The molecule has 0 saturated heterocycles. The van der Waals surface area contributed by atoms with Crippen molar-refractivity contribution in [1.29, 1.82) is 0 Å². The van der Waals surface area contributed by atoms with E-state index in [0.29, 0.717) is 0 Å². The first kappa shape index (κ1) is 19.5. The molecule has 3 aromatic rings. The second-order valence-corrected chi connectivity index (χ2v) is 7.21. The van der Waals surface area contributed by atoms with Crippen LogP contribution in [0.2, 0.25) is 10.0 Å². The lowest BCUT2D eigenvalue weighted by atomic mass is 9.97. The van der Waals surface area contributed by atoms with Crippen LogP contribution >= 0.6 is 23.2 Å². The summed E-state index contributed by atoms with van der Waals surface area (Å²) >= 11 is 11.9. The van der Waals surface area contributed by atoms with Gasteiger partial charge in [-0.25, -0.2) is 4.68 Å². The average Bonchev–Trinajstić information content (AvgIpc) is 3.03. The van der Waals surface area contributed by atoms with Crippen molar-refractivity contribution >= 4 is 34.7 Å². The highest BCUT2D eigenvalue weighted by Crippen LogP contribution is 2.43. The number of alkyl halides is 3. The van der Waals surface area contributed by atoms with Crippen LogP contribution in [-0.2, 0) is 17.4 Å². The van der Waals surface area contributed by atoms with Crippen molar-refractivity contribution in [3.8, 4) is 16.9 Å². The van der Waals surface area contributed by atoms with Crippen LogP contribution in [0.3, 0.4) is 0 Å². The molecule has 148 valence electrons. The molecule has 1 N–H and O–H groups in total. The van der Waals surface area contributed by atoms with E-state index in [4.69, 9.17) is 23.2 Å². The van der Waals surface area contributed by atoms with Gasteiger partial charge in [0.2, 0.25) is 0 Å². The Balaban J connectivity index is 2.02. The molecule has 0 radical (unpaired) electrons. The number of nitrogens with zero attached hydrogens (tertiary/aromatic N) is 2. The number of aromatic nitrogens is 2. The number of ketones is 1. The lowest BCUT2D eigenvalue weighted by Crippen LogP contribution is -2.17. The zero-order valence-electron chi connectivity index (χ0n) is 14.5. The smallest absolute Gasteiger partial charge is 0.435 e. The molecule has 1 aromatic heterocycles. The van der Waals surface area contributed by atoms with Gasteiger partial charge in [-0.05, 0) is 29.8 Å². The fraction of sp³-hybridized carbons (Fsp3) is 0.100. The summed E-state index contributed by atoms with van der Waals surface area (Å²) in [5.74, 6) is -0.592. The number of halogens is 5. The van der Waals surface area contributed by atoms with Gasteiger partial charge in [0.25, 0.3) is 0 Å². The van der Waals surface area contributed by atoms with E-state index in [9.17, 15) is 23.1 Å². The summed E-state index contributed by atoms with van der Waals surface area (Å²) < 4.78 is 42.5. The summed E-state index contributed by atoms with van der Waals surface area (Å²) in [6.45, 7) is 0. The lowest BCUT2D eigenvalue weighted by Gasteiger charge is -2.17. The quantitative estimate of drug-likeness (QED) is 0.566. The van der Waals surface area contributed by atoms with E-state index >= 15 is 0 Å². The molecule has 9 heteroatoms. The van der Waals surface area contributed by atoms with Crippen molar-refractivity contribution in [2.24, 2.45) is 0 Å². The van der Waals surface area contributed by atoms with E-state index in [1.807, 2.05) is 0 Å². The van der Waals surface area contributed by atoms with Crippen LogP contribution in [0.4, 0.5) is 13.2 Å². The molecule has 0 unspecified atom stereocenters. The van der Waals surface area contributed by atoms with Crippen LogP contribution in [0.5, 0.6) is 5.75 Å². The molecule has 1 aliphatic rings. The summed E-state index contributed by atoms with van der Waals surface area (Å²) in [5.41, 5.74) is -0.946. The minimum Gasteiger partial charge on any atom is -0.507 e. The van der Waals surface area contributed by atoms with E-state index < -0.39 is 17.7 Å². The number of rotatable bonds is 2. The fourth-order valence-corrected chi connectivity index (χ4v) is 3.58. The minimum atomic E-state index is -4.78. The average molecular weight is 439 g/mol. The molecule has 0 amide bonds. The first-order chi connectivity index (χ1) is 13.7. The maximum absolute atomic E-state index is 13.8. The predicted molar refractivity (Wildman–Crippen MR) is 103 cm³/mol. The van der Waals surface area contributed by atoms with E-state index in [0.717, 1.165) is 4.68 Å². The van der Waals surface area contributed by atoms with Gasteiger partial charge in [0.15, 0.2) is 11.5 Å². The number of fused-ring (bicyclic) bond motifs is 1. The largest absolute Gasteiger partial charge is 0.507 e. The first-order valence-electron chi connectivity index (χ1n) is 8.34. The molecule has 29 heavy (non-hydrogen) atoms. The highest BCUT2D eigenvalue weighted by molar-refractivity contribution is 6.42. The second kappa shape index (κ2) is 6.93. The molecular formula is C20H11Cl2F3N2O2. The molecule has 2 aromatic carbocycles. The van der Waals surface area contributed by atoms with Gasteiger partial charge in [0.05, 0.1) is 27.9 Å². The van der Waals surface area contributed by atoms with Gasteiger partial charge in [-0.15, -0.1) is 0 Å². The Bertz CT molecular complexity index is 1180. The Hall–Kier alpha value is -2.77. The number of allylic oxidation sites excluding steroid dienone is 1. The zero-order valence-corrected chi connectivity index (χ0v) is 16.0. The molecule has 0 saturated carbocycles. The third kappa shape index (κ3) is 3.41. The van der Waals surface area contributed by atoms with E-state index in [2.05, 4.69) is 5.10 Å². The summed E-state index contributed by atoms with van der Waals surface area (Å²) in [5, 5.41) is 14.2. The molecule has 0 fully saturated rings. The van der Waals surface area contributed by atoms with Gasteiger partial charge in [-0.1, -0.05) is 41.4 Å². The molecule has 0 bridgehead atoms. The van der Waals surface area contributed by atoms with Crippen LogP contribution < -0.4 is 0 Å². The number of phenolic OH excluding ortho intramolecular Hbond substituents is 1. The predicted octanol–water partition coefficient (Wildman–Crippen LogP) is 5.60. The van der Waals surface area contributed by atoms with Crippen LogP contribution in [0.15, 0.2) is 48.5 Å². The standard InChI is InChI=1S/C20H11Cl2F3N2O2/c21-13-6-5-10(7-14(13)22)18-16-9-11(28)8-15(12-3-1-2-4-17(12)29)27(16)26-19(18)20(23,24)25/h1-8,29H,9H2. The molecule has 2 heterocycles. The highest BCUT2D eigenvalue weighted by Gasteiger charge is 2.41. The zero-order chi connectivity index (χ0) is 20.9. The van der Waals surface area contributed by atoms with Crippen molar-refractivity contribution in [3.05, 3.63) is 75.5 Å². The number of hydrogen-bond donors (Lipinski definition) is 1. The van der Waals surface area contributed by atoms with Gasteiger partial charge >= 0.3 is 6.18 Å². The van der Waals surface area contributed by atoms with Crippen molar-refractivity contribution in [1.82, 2.24) is 9.78 Å². The third-order valence-corrected chi connectivity index (χ3v) is 5.24. The molecule has 4 nitrogen and oxygen atoms in total. The number of aromatic hydroxyl groups is 1. The minimum absolute atomic E-state index is 0.0569. The normalized spacial score (nSPS) is 14.0. The topological polar surface area (TPSA) is 55.1 Å². The number of hydrogen-bond acceptors (Lipinski definition) is 3. The Morgan fingerprint density at radius 2 is 1.79 bits per heavy atom. The number of phenols is 1. The Labute approximate surface area is 172 Å². The number of carbonyl (C=O) groups excluding carboxylic acids is 1. The van der Waals surface area contributed by atoms with Gasteiger partial charge < -0.3 is 5.11 Å². The van der Waals surface area contributed by atoms with Gasteiger partial charge in [0, 0.05) is 17.2 Å². The van der Waals surface area contributed by atoms with E-state index in [-0.39, 0.29) is 50.3 Å². The van der Waals surface area contributed by atoms with Crippen LogP contribution in [0.1, 0.15) is 17.0 Å². The second-order valence-electron chi connectivity index (χ2n) is 6.40.